The molecule has 0 amide bonds. The van der Waals surface area contributed by atoms with E-state index < -0.39 is 0 Å². The van der Waals surface area contributed by atoms with Gasteiger partial charge in [0.15, 0.2) is 0 Å². The Morgan fingerprint density at radius 3 is 2.50 bits per heavy atom. The van der Waals surface area contributed by atoms with E-state index in [-0.39, 0.29) is 5.56 Å². The van der Waals surface area contributed by atoms with Crippen LogP contribution in [0.4, 0.5) is 17.2 Å². The number of aryl methyl sites for hydroxylation is 1. The number of rotatable bonds is 6. The number of pyridine rings is 1. The number of para-hydroxylation sites is 1. The summed E-state index contributed by atoms with van der Waals surface area (Å²) in [5.41, 5.74) is 6.17. The molecule has 2 heterocycles. The lowest BCUT2D eigenvalue weighted by Crippen LogP contribution is -2.22. The number of benzene rings is 2. The molecule has 0 saturated carbocycles. The Balaban J connectivity index is 1.76. The molecule has 7 heteroatoms. The number of nitrogens with one attached hydrogen (secondary N) is 2. The molecule has 30 heavy (non-hydrogen) atoms. The van der Waals surface area contributed by atoms with E-state index in [2.05, 4.69) is 15.8 Å². The molecule has 0 radical (unpaired) electrons. The highest BCUT2D eigenvalue weighted by atomic mass is 16.5. The maximum Gasteiger partial charge on any atom is 0.268 e. The molecule has 0 atom stereocenters. The van der Waals surface area contributed by atoms with Gasteiger partial charge in [0.05, 0.1) is 19.0 Å². The Labute approximate surface area is 173 Å². The van der Waals surface area contributed by atoms with Crippen LogP contribution in [0, 0.1) is 6.92 Å². The molecular formula is C23H21N5O2. The zero-order valence-corrected chi connectivity index (χ0v) is 16.7. The topological polar surface area (TPSA) is 80.0 Å². The van der Waals surface area contributed by atoms with Gasteiger partial charge in [0, 0.05) is 11.9 Å². The van der Waals surface area contributed by atoms with Gasteiger partial charge >= 0.3 is 0 Å². The third-order valence-corrected chi connectivity index (χ3v) is 4.60. The first-order chi connectivity index (χ1) is 14.7. The lowest BCUT2D eigenvalue weighted by atomic mass is 10.2. The lowest BCUT2D eigenvalue weighted by Gasteiger charge is -2.12. The largest absolute Gasteiger partial charge is 0.497 e. The molecule has 2 aromatic heterocycles. The summed E-state index contributed by atoms with van der Waals surface area (Å²) in [4.78, 5) is 17.9. The van der Waals surface area contributed by atoms with Gasteiger partial charge in [0.2, 0.25) is 0 Å². The van der Waals surface area contributed by atoms with E-state index in [1.807, 2.05) is 73.7 Å². The fourth-order valence-corrected chi connectivity index (χ4v) is 3.02. The second kappa shape index (κ2) is 8.48. The maximum atomic E-state index is 13.2. The van der Waals surface area contributed by atoms with Gasteiger partial charge < -0.3 is 10.1 Å². The molecule has 0 bridgehead atoms. The van der Waals surface area contributed by atoms with E-state index in [0.29, 0.717) is 17.0 Å². The van der Waals surface area contributed by atoms with Gasteiger partial charge in [-0.2, -0.15) is 5.10 Å². The molecule has 2 aromatic carbocycles. The van der Waals surface area contributed by atoms with Crippen LogP contribution in [0.2, 0.25) is 0 Å². The fraction of sp³-hybridized carbons (Fsp3) is 0.0870. The number of ether oxygens (including phenoxy) is 1. The highest BCUT2D eigenvalue weighted by Crippen LogP contribution is 2.21. The van der Waals surface area contributed by atoms with Gasteiger partial charge in [-0.15, -0.1) is 0 Å². The van der Waals surface area contributed by atoms with Crippen molar-refractivity contribution in [3.63, 3.8) is 0 Å². The molecule has 0 saturated heterocycles. The first-order valence-electron chi connectivity index (χ1n) is 9.43. The van der Waals surface area contributed by atoms with Crippen molar-refractivity contribution in [3.8, 4) is 5.75 Å². The van der Waals surface area contributed by atoms with Crippen molar-refractivity contribution >= 4 is 29.1 Å². The highest BCUT2D eigenvalue weighted by molar-refractivity contribution is 5.88. The number of hydrogen-bond donors (Lipinski definition) is 2. The predicted octanol–water partition coefficient (Wildman–Crippen LogP) is 4.20. The molecule has 0 aliphatic carbocycles. The third-order valence-electron chi connectivity index (χ3n) is 4.60. The van der Waals surface area contributed by atoms with Crippen LogP contribution in [-0.4, -0.2) is 22.7 Å². The minimum Gasteiger partial charge on any atom is -0.497 e. The number of anilines is 3. The van der Waals surface area contributed by atoms with Gasteiger partial charge in [0.25, 0.3) is 5.56 Å². The zero-order chi connectivity index (χ0) is 20.9. The number of methoxy groups -OCH3 is 1. The predicted molar refractivity (Wildman–Crippen MR) is 120 cm³/mol. The van der Waals surface area contributed by atoms with Crippen LogP contribution in [0.3, 0.4) is 0 Å². The van der Waals surface area contributed by atoms with Gasteiger partial charge in [-0.25, -0.2) is 4.98 Å². The van der Waals surface area contributed by atoms with E-state index >= 15 is 0 Å². The minimum absolute atomic E-state index is 0.210. The van der Waals surface area contributed by atoms with Gasteiger partial charge in [0.1, 0.15) is 22.8 Å². The summed E-state index contributed by atoms with van der Waals surface area (Å²) >= 11 is 0. The number of fused-ring (bicyclic) bond motifs is 1. The number of aromatic nitrogens is 2. The SMILES string of the molecule is COc1ccc(Nc2nc3c(C)cccn3c(=O)c2/C=N\Nc2ccccc2)cc1. The van der Waals surface area contributed by atoms with Crippen molar-refractivity contribution < 1.29 is 4.74 Å². The molecule has 0 fully saturated rings. The van der Waals surface area contributed by atoms with Crippen molar-refractivity contribution in [3.05, 3.63) is 94.4 Å². The van der Waals surface area contributed by atoms with Crippen molar-refractivity contribution in [1.29, 1.82) is 0 Å². The zero-order valence-electron chi connectivity index (χ0n) is 16.7. The average Bonchev–Trinajstić information content (AvgIpc) is 2.78. The number of hydrogen-bond acceptors (Lipinski definition) is 6. The van der Waals surface area contributed by atoms with E-state index in [9.17, 15) is 4.79 Å². The van der Waals surface area contributed by atoms with E-state index in [1.54, 1.807) is 13.3 Å². The second-order valence-corrected chi connectivity index (χ2v) is 6.65. The second-order valence-electron chi connectivity index (χ2n) is 6.65. The normalized spacial score (nSPS) is 11.0. The molecule has 150 valence electrons. The Morgan fingerprint density at radius 1 is 1.00 bits per heavy atom. The van der Waals surface area contributed by atoms with Crippen LogP contribution in [0.15, 0.2) is 82.8 Å². The monoisotopic (exact) mass is 399 g/mol. The summed E-state index contributed by atoms with van der Waals surface area (Å²) in [6, 6.07) is 20.7. The smallest absolute Gasteiger partial charge is 0.268 e. The standard InChI is InChI=1S/C23H21N5O2/c1-16-7-6-14-28-22(16)26-21(25-17-10-12-19(30-2)13-11-17)20(23(28)29)15-24-27-18-8-4-3-5-9-18/h3-15,25,27H,1-2H3/b24-15-. The molecule has 2 N–H and O–H groups in total. The molecule has 7 nitrogen and oxygen atoms in total. The highest BCUT2D eigenvalue weighted by Gasteiger charge is 2.13. The van der Waals surface area contributed by atoms with Crippen molar-refractivity contribution in [2.75, 3.05) is 17.9 Å². The summed E-state index contributed by atoms with van der Waals surface area (Å²) < 4.78 is 6.73. The third kappa shape index (κ3) is 4.00. The fourth-order valence-electron chi connectivity index (χ4n) is 3.02. The molecule has 0 spiro atoms. The summed E-state index contributed by atoms with van der Waals surface area (Å²) in [6.45, 7) is 1.92. The van der Waals surface area contributed by atoms with Crippen molar-refractivity contribution in [1.82, 2.24) is 9.38 Å². The van der Waals surface area contributed by atoms with Crippen LogP contribution >= 0.6 is 0 Å². The van der Waals surface area contributed by atoms with Gasteiger partial charge in [-0.1, -0.05) is 24.3 Å². The van der Waals surface area contributed by atoms with E-state index in [1.165, 1.54) is 10.6 Å². The van der Waals surface area contributed by atoms with Gasteiger partial charge in [-0.3, -0.25) is 14.6 Å². The van der Waals surface area contributed by atoms with Crippen LogP contribution in [-0.2, 0) is 0 Å². The Bertz CT molecular complexity index is 1250. The van der Waals surface area contributed by atoms with Crippen LogP contribution < -0.4 is 21.0 Å². The first-order valence-corrected chi connectivity index (χ1v) is 9.43. The summed E-state index contributed by atoms with van der Waals surface area (Å²) in [7, 11) is 1.62. The average molecular weight is 399 g/mol. The van der Waals surface area contributed by atoms with Gasteiger partial charge in [-0.05, 0) is 55.0 Å². The first kappa shape index (κ1) is 19.2. The van der Waals surface area contributed by atoms with Crippen LogP contribution in [0.1, 0.15) is 11.1 Å². The molecular weight excluding hydrogens is 378 g/mol. The molecule has 0 aliphatic rings. The quantitative estimate of drug-likeness (QED) is 0.375. The van der Waals surface area contributed by atoms with Crippen LogP contribution in [0.25, 0.3) is 5.65 Å². The Hall–Kier alpha value is -4.13. The van der Waals surface area contributed by atoms with Crippen LogP contribution in [0.5, 0.6) is 5.75 Å². The summed E-state index contributed by atoms with van der Waals surface area (Å²) in [5, 5.41) is 7.48. The van der Waals surface area contributed by atoms with Crippen molar-refractivity contribution in [2.24, 2.45) is 5.10 Å². The molecule has 0 aliphatic heterocycles. The lowest BCUT2D eigenvalue weighted by molar-refractivity contribution is 0.415. The number of hydrazone groups is 1. The molecule has 0 unspecified atom stereocenters. The minimum atomic E-state index is -0.210. The Morgan fingerprint density at radius 2 is 1.77 bits per heavy atom. The molecule has 4 aromatic rings. The number of nitrogens with zero attached hydrogens (tertiary/aromatic N) is 3. The van der Waals surface area contributed by atoms with Crippen molar-refractivity contribution in [2.45, 2.75) is 6.92 Å². The molecule has 4 rings (SSSR count). The maximum absolute atomic E-state index is 13.2. The Kier molecular flexibility index (Phi) is 5.43. The van der Waals surface area contributed by atoms with E-state index in [0.717, 1.165) is 22.7 Å². The van der Waals surface area contributed by atoms with E-state index in [4.69, 9.17) is 9.72 Å². The summed E-state index contributed by atoms with van der Waals surface area (Å²) in [5.74, 6) is 1.18. The summed E-state index contributed by atoms with van der Waals surface area (Å²) in [6.07, 6.45) is 3.19.